The molecule has 0 heterocycles. The van der Waals surface area contributed by atoms with Crippen molar-refractivity contribution >= 4 is 23.0 Å². The lowest BCUT2D eigenvalue weighted by atomic mass is 9.89. The van der Waals surface area contributed by atoms with Gasteiger partial charge < -0.3 is 10.6 Å². The average Bonchev–Trinajstić information content (AvgIpc) is 3.05. The molecule has 2 N–H and O–H groups in total. The van der Waals surface area contributed by atoms with Crippen LogP contribution in [0.25, 0.3) is 0 Å². The maximum Gasteiger partial charge on any atom is 0.171 e. The molecule has 0 atom stereocenters. The van der Waals surface area contributed by atoms with Gasteiger partial charge in [-0.2, -0.15) is 0 Å². The Kier molecular flexibility index (Phi) is 5.46. The number of hydrogen-bond donors (Lipinski definition) is 2. The van der Waals surface area contributed by atoms with Gasteiger partial charge >= 0.3 is 0 Å². The summed E-state index contributed by atoms with van der Waals surface area (Å²) in [5.74, 6) is -0.241. The van der Waals surface area contributed by atoms with Crippen LogP contribution in [0.15, 0.2) is 54.6 Å². The molecule has 2 aromatic carbocycles. The monoisotopic (exact) mass is 342 g/mol. The maximum absolute atomic E-state index is 13.0. The molecule has 3 rings (SSSR count). The molecular formula is C20H23FN2S. The van der Waals surface area contributed by atoms with Crippen LogP contribution in [0.1, 0.15) is 37.7 Å². The van der Waals surface area contributed by atoms with Crippen molar-refractivity contribution in [3.63, 3.8) is 0 Å². The first-order valence-corrected chi connectivity index (χ1v) is 8.95. The fourth-order valence-corrected chi connectivity index (χ4v) is 3.79. The highest BCUT2D eigenvalue weighted by Gasteiger charge is 2.33. The SMILES string of the molecule is Fc1ccc(NC(=S)NC2(CCc3ccccc3)CCCC2)cc1. The summed E-state index contributed by atoms with van der Waals surface area (Å²) in [6.45, 7) is 0. The average molecular weight is 342 g/mol. The highest BCUT2D eigenvalue weighted by Crippen LogP contribution is 2.33. The predicted octanol–water partition coefficient (Wildman–Crippen LogP) is 5.06. The van der Waals surface area contributed by atoms with Crippen molar-refractivity contribution in [2.45, 2.75) is 44.1 Å². The van der Waals surface area contributed by atoms with Gasteiger partial charge in [0.15, 0.2) is 5.11 Å². The lowest BCUT2D eigenvalue weighted by molar-refractivity contribution is 0.362. The maximum atomic E-state index is 13.0. The van der Waals surface area contributed by atoms with Crippen LogP contribution in [0.2, 0.25) is 0 Å². The summed E-state index contributed by atoms with van der Waals surface area (Å²) in [6, 6.07) is 16.9. The number of anilines is 1. The topological polar surface area (TPSA) is 24.1 Å². The summed E-state index contributed by atoms with van der Waals surface area (Å²) in [4.78, 5) is 0. The Hall–Kier alpha value is -1.94. The Morgan fingerprint density at radius 3 is 2.33 bits per heavy atom. The van der Waals surface area contributed by atoms with Crippen molar-refractivity contribution in [2.75, 3.05) is 5.32 Å². The standard InChI is InChI=1S/C20H23FN2S/c21-17-8-10-18(11-9-17)22-19(24)23-20(13-4-5-14-20)15-12-16-6-2-1-3-7-16/h1-3,6-11H,4-5,12-15H2,(H2,22,23,24). The third-order valence-electron chi connectivity index (χ3n) is 4.78. The third kappa shape index (κ3) is 4.54. The van der Waals surface area contributed by atoms with E-state index in [0.29, 0.717) is 5.11 Å². The van der Waals surface area contributed by atoms with Gasteiger partial charge in [-0.15, -0.1) is 0 Å². The second kappa shape index (κ2) is 7.75. The smallest absolute Gasteiger partial charge is 0.171 e. The Morgan fingerprint density at radius 2 is 1.67 bits per heavy atom. The number of nitrogens with one attached hydrogen (secondary N) is 2. The molecule has 2 aromatic rings. The lowest BCUT2D eigenvalue weighted by Gasteiger charge is -2.32. The summed E-state index contributed by atoms with van der Waals surface area (Å²) in [6.07, 6.45) is 6.88. The van der Waals surface area contributed by atoms with E-state index in [-0.39, 0.29) is 11.4 Å². The minimum Gasteiger partial charge on any atom is -0.357 e. The van der Waals surface area contributed by atoms with Gasteiger partial charge in [-0.3, -0.25) is 0 Å². The molecule has 24 heavy (non-hydrogen) atoms. The summed E-state index contributed by atoms with van der Waals surface area (Å²) in [5, 5.41) is 7.35. The molecular weight excluding hydrogens is 319 g/mol. The van der Waals surface area contributed by atoms with Crippen LogP contribution < -0.4 is 10.6 Å². The van der Waals surface area contributed by atoms with E-state index in [4.69, 9.17) is 12.2 Å². The molecule has 1 aliphatic rings. The molecule has 0 amide bonds. The zero-order valence-electron chi connectivity index (χ0n) is 13.7. The number of thiocarbonyl (C=S) groups is 1. The summed E-state index contributed by atoms with van der Waals surface area (Å²) < 4.78 is 13.0. The van der Waals surface area contributed by atoms with Crippen molar-refractivity contribution in [2.24, 2.45) is 0 Å². The first-order chi connectivity index (χ1) is 11.7. The second-order valence-electron chi connectivity index (χ2n) is 6.56. The van der Waals surface area contributed by atoms with Gasteiger partial charge in [0.25, 0.3) is 0 Å². The summed E-state index contributed by atoms with van der Waals surface area (Å²) in [7, 11) is 0. The van der Waals surface area contributed by atoms with Crippen LogP contribution in [0.3, 0.4) is 0 Å². The Bertz CT molecular complexity index is 664. The van der Waals surface area contributed by atoms with E-state index < -0.39 is 0 Å². The highest BCUT2D eigenvalue weighted by molar-refractivity contribution is 7.80. The Balaban J connectivity index is 1.60. The largest absolute Gasteiger partial charge is 0.357 e. The number of aryl methyl sites for hydroxylation is 1. The number of halogens is 1. The van der Waals surface area contributed by atoms with Crippen molar-refractivity contribution in [1.82, 2.24) is 5.32 Å². The third-order valence-corrected chi connectivity index (χ3v) is 4.98. The molecule has 2 nitrogen and oxygen atoms in total. The molecule has 1 saturated carbocycles. The van der Waals surface area contributed by atoms with E-state index in [2.05, 4.69) is 41.0 Å². The van der Waals surface area contributed by atoms with E-state index in [1.54, 1.807) is 12.1 Å². The molecule has 1 fully saturated rings. The van der Waals surface area contributed by atoms with Gasteiger partial charge in [0.2, 0.25) is 0 Å². The Morgan fingerprint density at radius 1 is 1.00 bits per heavy atom. The first-order valence-electron chi connectivity index (χ1n) is 8.54. The number of rotatable bonds is 5. The van der Waals surface area contributed by atoms with Gasteiger partial charge in [0.1, 0.15) is 5.82 Å². The van der Waals surface area contributed by atoms with Gasteiger partial charge in [0, 0.05) is 11.2 Å². The van der Waals surface area contributed by atoms with Crippen molar-refractivity contribution in [3.05, 3.63) is 66.0 Å². The van der Waals surface area contributed by atoms with Crippen molar-refractivity contribution in [1.29, 1.82) is 0 Å². The molecule has 126 valence electrons. The molecule has 1 aliphatic carbocycles. The minimum absolute atomic E-state index is 0.0694. The van der Waals surface area contributed by atoms with E-state index in [0.717, 1.165) is 31.4 Å². The van der Waals surface area contributed by atoms with Gasteiger partial charge in [-0.05, 0) is 67.7 Å². The lowest BCUT2D eigenvalue weighted by Crippen LogP contribution is -2.48. The molecule has 0 unspecified atom stereocenters. The molecule has 0 saturated heterocycles. The summed E-state index contributed by atoms with van der Waals surface area (Å²) >= 11 is 5.49. The van der Waals surface area contributed by atoms with E-state index in [9.17, 15) is 4.39 Å². The van der Waals surface area contributed by atoms with Crippen molar-refractivity contribution < 1.29 is 4.39 Å². The van der Waals surface area contributed by atoms with Gasteiger partial charge in [-0.25, -0.2) is 4.39 Å². The van der Waals surface area contributed by atoms with Gasteiger partial charge in [0.05, 0.1) is 0 Å². The first kappa shape index (κ1) is 16.9. The number of hydrogen-bond acceptors (Lipinski definition) is 1. The van der Waals surface area contributed by atoms with Crippen LogP contribution in [-0.4, -0.2) is 10.7 Å². The fraction of sp³-hybridized carbons (Fsp3) is 0.350. The predicted molar refractivity (Wildman–Crippen MR) is 102 cm³/mol. The zero-order valence-corrected chi connectivity index (χ0v) is 14.5. The fourth-order valence-electron chi connectivity index (χ4n) is 3.45. The Labute approximate surface area is 148 Å². The van der Waals surface area contributed by atoms with Crippen LogP contribution >= 0.6 is 12.2 Å². The van der Waals surface area contributed by atoms with Crippen LogP contribution in [-0.2, 0) is 6.42 Å². The van der Waals surface area contributed by atoms with Crippen LogP contribution in [0.4, 0.5) is 10.1 Å². The molecule has 0 aliphatic heterocycles. The van der Waals surface area contributed by atoms with E-state index in [1.165, 1.54) is 30.5 Å². The molecule has 0 radical (unpaired) electrons. The van der Waals surface area contributed by atoms with Crippen molar-refractivity contribution in [3.8, 4) is 0 Å². The highest BCUT2D eigenvalue weighted by atomic mass is 32.1. The number of benzene rings is 2. The molecule has 0 spiro atoms. The molecule has 0 aromatic heterocycles. The van der Waals surface area contributed by atoms with Crippen LogP contribution in [0, 0.1) is 5.82 Å². The second-order valence-corrected chi connectivity index (χ2v) is 6.97. The van der Waals surface area contributed by atoms with E-state index >= 15 is 0 Å². The van der Waals surface area contributed by atoms with E-state index in [1.807, 2.05) is 0 Å². The van der Waals surface area contributed by atoms with Gasteiger partial charge in [-0.1, -0.05) is 43.2 Å². The summed E-state index contributed by atoms with van der Waals surface area (Å²) in [5.41, 5.74) is 2.24. The molecule has 0 bridgehead atoms. The molecule has 4 heteroatoms. The normalized spacial score (nSPS) is 15.9. The zero-order chi connectivity index (χ0) is 16.8. The minimum atomic E-state index is -0.241. The van der Waals surface area contributed by atoms with Crippen LogP contribution in [0.5, 0.6) is 0 Å². The quantitative estimate of drug-likeness (QED) is 0.743.